The second kappa shape index (κ2) is 5.14. The lowest BCUT2D eigenvalue weighted by Gasteiger charge is -2.07. The molecule has 18 heavy (non-hydrogen) atoms. The molecule has 0 aliphatic carbocycles. The number of benzene rings is 1. The Kier molecular flexibility index (Phi) is 3.58. The van der Waals surface area contributed by atoms with E-state index in [4.69, 9.17) is 25.9 Å². The Labute approximate surface area is 109 Å². The van der Waals surface area contributed by atoms with E-state index in [1.807, 2.05) is 6.92 Å². The Morgan fingerprint density at radius 2 is 2.22 bits per heavy atom. The van der Waals surface area contributed by atoms with E-state index in [1.165, 1.54) is 6.26 Å². The lowest BCUT2D eigenvalue weighted by Crippen LogP contribution is -2.02. The summed E-state index contributed by atoms with van der Waals surface area (Å²) in [6.07, 6.45) is 1.33. The standard InChI is InChI=1S/C13H11ClO4/c1-8-6-10(2-3-11(8)14)18-7-9-4-5-17-12(9)13(15)16/h2-6H,7H2,1H3,(H,15,16). The van der Waals surface area contributed by atoms with Crippen LogP contribution < -0.4 is 4.74 Å². The molecule has 94 valence electrons. The lowest BCUT2D eigenvalue weighted by molar-refractivity contribution is 0.0658. The van der Waals surface area contributed by atoms with Gasteiger partial charge in [0.2, 0.25) is 5.76 Å². The van der Waals surface area contributed by atoms with Crippen molar-refractivity contribution in [2.45, 2.75) is 13.5 Å². The van der Waals surface area contributed by atoms with Gasteiger partial charge in [0.1, 0.15) is 12.4 Å². The summed E-state index contributed by atoms with van der Waals surface area (Å²) in [4.78, 5) is 10.8. The number of carboxylic acid groups (broad SMARTS) is 1. The highest BCUT2D eigenvalue weighted by molar-refractivity contribution is 6.31. The maximum atomic E-state index is 10.8. The van der Waals surface area contributed by atoms with E-state index in [1.54, 1.807) is 24.3 Å². The quantitative estimate of drug-likeness (QED) is 0.920. The number of aryl methyl sites for hydroxylation is 1. The van der Waals surface area contributed by atoms with E-state index in [0.29, 0.717) is 16.3 Å². The first-order valence-corrected chi connectivity index (χ1v) is 5.64. The van der Waals surface area contributed by atoms with Gasteiger partial charge in [-0.3, -0.25) is 0 Å². The van der Waals surface area contributed by atoms with E-state index >= 15 is 0 Å². The largest absolute Gasteiger partial charge is 0.489 e. The first kappa shape index (κ1) is 12.5. The van der Waals surface area contributed by atoms with Crippen molar-refractivity contribution in [3.63, 3.8) is 0 Å². The monoisotopic (exact) mass is 266 g/mol. The summed E-state index contributed by atoms with van der Waals surface area (Å²) in [5, 5.41) is 9.53. The molecule has 1 N–H and O–H groups in total. The molecule has 0 aliphatic rings. The fourth-order valence-electron chi connectivity index (χ4n) is 1.51. The average Bonchev–Trinajstić information content (AvgIpc) is 2.79. The number of halogens is 1. The first-order valence-electron chi connectivity index (χ1n) is 5.26. The molecule has 0 unspecified atom stereocenters. The Morgan fingerprint density at radius 3 is 2.89 bits per heavy atom. The Balaban J connectivity index is 2.09. The fraction of sp³-hybridized carbons (Fsp3) is 0.154. The predicted octanol–water partition coefficient (Wildman–Crippen LogP) is 3.52. The summed E-state index contributed by atoms with van der Waals surface area (Å²) in [6, 6.07) is 6.84. The van der Waals surface area contributed by atoms with Gasteiger partial charge in [0, 0.05) is 10.6 Å². The average molecular weight is 267 g/mol. The fourth-order valence-corrected chi connectivity index (χ4v) is 1.62. The molecule has 1 aromatic carbocycles. The molecule has 0 aliphatic heterocycles. The van der Waals surface area contributed by atoms with Crippen LogP contribution in [-0.4, -0.2) is 11.1 Å². The van der Waals surface area contributed by atoms with Gasteiger partial charge in [-0.1, -0.05) is 11.6 Å². The molecule has 0 spiro atoms. The molecule has 2 aromatic rings. The second-order valence-corrected chi connectivity index (χ2v) is 4.19. The third-order valence-corrected chi connectivity index (χ3v) is 2.89. The summed E-state index contributed by atoms with van der Waals surface area (Å²) in [7, 11) is 0. The van der Waals surface area contributed by atoms with Crippen LogP contribution >= 0.6 is 11.6 Å². The summed E-state index contributed by atoms with van der Waals surface area (Å²) in [6.45, 7) is 2.01. The third-order valence-electron chi connectivity index (χ3n) is 2.46. The van der Waals surface area contributed by atoms with Crippen molar-refractivity contribution in [2.24, 2.45) is 0 Å². The van der Waals surface area contributed by atoms with Crippen LogP contribution in [0.4, 0.5) is 0 Å². The zero-order valence-corrected chi connectivity index (χ0v) is 10.4. The van der Waals surface area contributed by atoms with Gasteiger partial charge in [0.05, 0.1) is 6.26 Å². The lowest BCUT2D eigenvalue weighted by atomic mass is 10.2. The summed E-state index contributed by atoms with van der Waals surface area (Å²) in [5.74, 6) is -0.569. The van der Waals surface area contributed by atoms with Gasteiger partial charge in [-0.25, -0.2) is 4.79 Å². The first-order chi connectivity index (χ1) is 8.58. The molecule has 5 heteroatoms. The number of aromatic carboxylic acids is 1. The van der Waals surface area contributed by atoms with Crippen LogP contribution in [0.5, 0.6) is 5.75 Å². The minimum absolute atomic E-state index is 0.0966. The number of furan rings is 1. The Bertz CT molecular complexity index is 574. The van der Waals surface area contributed by atoms with Crippen LogP contribution in [0.1, 0.15) is 21.7 Å². The van der Waals surface area contributed by atoms with Crippen LogP contribution in [-0.2, 0) is 6.61 Å². The Morgan fingerprint density at radius 1 is 1.44 bits per heavy atom. The summed E-state index contributed by atoms with van der Waals surface area (Å²) >= 11 is 5.90. The number of hydrogen-bond acceptors (Lipinski definition) is 3. The Hall–Kier alpha value is -1.94. The number of ether oxygens (including phenoxy) is 1. The van der Waals surface area contributed by atoms with Crippen LogP contribution in [0.25, 0.3) is 0 Å². The van der Waals surface area contributed by atoms with Gasteiger partial charge >= 0.3 is 5.97 Å². The molecule has 0 bridgehead atoms. The maximum absolute atomic E-state index is 10.8. The third kappa shape index (κ3) is 2.65. The molecular formula is C13H11ClO4. The smallest absolute Gasteiger partial charge is 0.372 e. The van der Waals surface area contributed by atoms with Crippen molar-refractivity contribution in [2.75, 3.05) is 0 Å². The number of carbonyl (C=O) groups is 1. The van der Waals surface area contributed by atoms with Gasteiger partial charge in [-0.05, 0) is 36.8 Å². The molecule has 0 amide bonds. The predicted molar refractivity (Wildman–Crippen MR) is 66.2 cm³/mol. The number of hydrogen-bond donors (Lipinski definition) is 1. The molecule has 2 rings (SSSR count). The van der Waals surface area contributed by atoms with Gasteiger partial charge in [-0.2, -0.15) is 0 Å². The maximum Gasteiger partial charge on any atom is 0.372 e. The molecule has 0 radical (unpaired) electrons. The second-order valence-electron chi connectivity index (χ2n) is 3.78. The number of carboxylic acids is 1. The van der Waals surface area contributed by atoms with Crippen molar-refractivity contribution in [1.82, 2.24) is 0 Å². The van der Waals surface area contributed by atoms with Gasteiger partial charge in [0.25, 0.3) is 0 Å². The van der Waals surface area contributed by atoms with Gasteiger partial charge in [-0.15, -0.1) is 0 Å². The summed E-state index contributed by atoms with van der Waals surface area (Å²) in [5.41, 5.74) is 1.40. The van der Waals surface area contributed by atoms with Crippen LogP contribution in [0, 0.1) is 6.92 Å². The zero-order chi connectivity index (χ0) is 13.1. The van der Waals surface area contributed by atoms with Gasteiger partial charge < -0.3 is 14.3 Å². The highest BCUT2D eigenvalue weighted by Crippen LogP contribution is 2.22. The molecule has 0 saturated heterocycles. The van der Waals surface area contributed by atoms with E-state index in [2.05, 4.69) is 0 Å². The van der Waals surface area contributed by atoms with Crippen molar-refractivity contribution >= 4 is 17.6 Å². The van der Waals surface area contributed by atoms with E-state index < -0.39 is 5.97 Å². The molecule has 4 nitrogen and oxygen atoms in total. The van der Waals surface area contributed by atoms with E-state index in [0.717, 1.165) is 5.56 Å². The van der Waals surface area contributed by atoms with Crippen LogP contribution in [0.15, 0.2) is 34.9 Å². The van der Waals surface area contributed by atoms with Crippen molar-refractivity contribution in [3.8, 4) is 5.75 Å². The SMILES string of the molecule is Cc1cc(OCc2ccoc2C(=O)O)ccc1Cl. The van der Waals surface area contributed by atoms with Crippen molar-refractivity contribution < 1.29 is 19.1 Å². The summed E-state index contributed by atoms with van der Waals surface area (Å²) < 4.78 is 10.4. The molecule has 0 atom stereocenters. The molecule has 0 fully saturated rings. The molecule has 1 aromatic heterocycles. The zero-order valence-electron chi connectivity index (χ0n) is 9.64. The van der Waals surface area contributed by atoms with Crippen molar-refractivity contribution in [3.05, 3.63) is 52.4 Å². The van der Waals surface area contributed by atoms with Crippen LogP contribution in [0.3, 0.4) is 0 Å². The number of rotatable bonds is 4. The molecule has 1 heterocycles. The minimum Gasteiger partial charge on any atom is -0.489 e. The minimum atomic E-state index is -1.11. The topological polar surface area (TPSA) is 59.7 Å². The van der Waals surface area contributed by atoms with E-state index in [9.17, 15) is 4.79 Å². The molecular weight excluding hydrogens is 256 g/mol. The van der Waals surface area contributed by atoms with Gasteiger partial charge in [0.15, 0.2) is 0 Å². The molecule has 0 saturated carbocycles. The normalized spacial score (nSPS) is 10.3. The highest BCUT2D eigenvalue weighted by Gasteiger charge is 2.14. The van der Waals surface area contributed by atoms with Crippen LogP contribution in [0.2, 0.25) is 5.02 Å². The van der Waals surface area contributed by atoms with Crippen molar-refractivity contribution in [1.29, 1.82) is 0 Å². The highest BCUT2D eigenvalue weighted by atomic mass is 35.5. The van der Waals surface area contributed by atoms with E-state index in [-0.39, 0.29) is 12.4 Å².